The van der Waals surface area contributed by atoms with Gasteiger partial charge < -0.3 is 35.4 Å². The molecule has 162 valence electrons. The van der Waals surface area contributed by atoms with Crippen LogP contribution < -0.4 is 20.3 Å². The van der Waals surface area contributed by atoms with E-state index in [1.54, 1.807) is 19.2 Å². The molecule has 2 aliphatic heterocycles. The van der Waals surface area contributed by atoms with Crippen molar-refractivity contribution in [1.29, 1.82) is 0 Å². The van der Waals surface area contributed by atoms with Gasteiger partial charge in [-0.1, -0.05) is 11.6 Å². The Morgan fingerprint density at radius 3 is 2.62 bits per heavy atom. The van der Waals surface area contributed by atoms with Crippen molar-refractivity contribution < 1.29 is 30.0 Å². The molecule has 0 bridgehead atoms. The molecule has 2 aliphatic rings. The summed E-state index contributed by atoms with van der Waals surface area (Å²) in [5.74, 6) is -0.461. The number of carboxylic acids is 1. The number of aliphatic hydroxyl groups is 3. The summed E-state index contributed by atoms with van der Waals surface area (Å²) in [6.45, 7) is 0.950. The fraction of sp³-hybridized carbons (Fsp3) is 0.632. The van der Waals surface area contributed by atoms with Gasteiger partial charge in [0.1, 0.15) is 18.2 Å². The molecule has 2 saturated heterocycles. The highest BCUT2D eigenvalue weighted by Crippen LogP contribution is 2.39. The van der Waals surface area contributed by atoms with Crippen molar-refractivity contribution in [3.63, 3.8) is 0 Å². The second-order valence-electron chi connectivity index (χ2n) is 7.74. The summed E-state index contributed by atoms with van der Waals surface area (Å²) in [5.41, 5.74) is 0.168. The fourth-order valence-corrected chi connectivity index (χ4v) is 4.21. The summed E-state index contributed by atoms with van der Waals surface area (Å²) in [6, 6.07) is 3.21. The number of anilines is 2. The maximum atomic E-state index is 10.9. The van der Waals surface area contributed by atoms with E-state index in [0.29, 0.717) is 55.2 Å². The first-order valence-electron chi connectivity index (χ1n) is 9.66. The van der Waals surface area contributed by atoms with Crippen LogP contribution in [0.15, 0.2) is 12.1 Å². The minimum atomic E-state index is -1.20. The van der Waals surface area contributed by atoms with Crippen molar-refractivity contribution in [2.75, 3.05) is 30.4 Å². The SMILES string of the molecule is COc1cc(N2CCC(O)(CC(=O)O)CC2)c(Cl)cc1NC1CCC(O)NC1O. The number of hydrogen-bond acceptors (Lipinski definition) is 8. The van der Waals surface area contributed by atoms with Gasteiger partial charge in [0.2, 0.25) is 0 Å². The van der Waals surface area contributed by atoms with Crippen LogP contribution in [0.3, 0.4) is 0 Å². The lowest BCUT2D eigenvalue weighted by Gasteiger charge is -2.39. The lowest BCUT2D eigenvalue weighted by atomic mass is 9.88. The van der Waals surface area contributed by atoms with Crippen LogP contribution in [-0.4, -0.2) is 70.7 Å². The number of benzene rings is 1. The van der Waals surface area contributed by atoms with Gasteiger partial charge in [-0.3, -0.25) is 10.1 Å². The summed E-state index contributed by atoms with van der Waals surface area (Å²) in [7, 11) is 1.54. The molecule has 0 saturated carbocycles. The highest BCUT2D eigenvalue weighted by molar-refractivity contribution is 6.33. The molecule has 0 aromatic heterocycles. The number of rotatable bonds is 6. The molecule has 9 nitrogen and oxygen atoms in total. The smallest absolute Gasteiger partial charge is 0.306 e. The van der Waals surface area contributed by atoms with Crippen molar-refractivity contribution in [3.05, 3.63) is 17.2 Å². The minimum Gasteiger partial charge on any atom is -0.495 e. The topological polar surface area (TPSA) is 135 Å². The van der Waals surface area contributed by atoms with Crippen molar-refractivity contribution in [1.82, 2.24) is 5.32 Å². The van der Waals surface area contributed by atoms with Gasteiger partial charge in [0.15, 0.2) is 0 Å². The van der Waals surface area contributed by atoms with E-state index in [9.17, 15) is 20.1 Å². The number of aliphatic carboxylic acids is 1. The number of carbonyl (C=O) groups is 1. The molecular formula is C19H28ClN3O6. The lowest BCUT2D eigenvalue weighted by Crippen LogP contribution is -2.53. The number of hydrogen-bond donors (Lipinski definition) is 6. The highest BCUT2D eigenvalue weighted by atomic mass is 35.5. The Hall–Kier alpha value is -1.78. The predicted molar refractivity (Wildman–Crippen MR) is 108 cm³/mol. The monoisotopic (exact) mass is 429 g/mol. The third-order valence-electron chi connectivity index (χ3n) is 5.62. The Morgan fingerprint density at radius 2 is 2.03 bits per heavy atom. The molecule has 3 atom stereocenters. The minimum absolute atomic E-state index is 0.271. The van der Waals surface area contributed by atoms with Crippen LogP contribution in [-0.2, 0) is 4.79 Å². The van der Waals surface area contributed by atoms with Crippen LogP contribution in [0, 0.1) is 0 Å². The van der Waals surface area contributed by atoms with E-state index in [0.717, 1.165) is 5.69 Å². The van der Waals surface area contributed by atoms with Gasteiger partial charge in [-0.25, -0.2) is 0 Å². The third kappa shape index (κ3) is 5.23. The van der Waals surface area contributed by atoms with E-state index < -0.39 is 24.0 Å². The maximum Gasteiger partial charge on any atom is 0.306 e. The molecular weight excluding hydrogens is 402 g/mol. The standard InChI is InChI=1S/C19H28ClN3O6/c1-29-15-9-14(23-6-4-19(28,5-7-23)10-17(25)26)11(20)8-13(15)21-12-2-3-16(24)22-18(12)27/h8-9,12,16,18,21-22,24,27-28H,2-7,10H2,1H3,(H,25,26). The molecule has 0 amide bonds. The van der Waals surface area contributed by atoms with Crippen LogP contribution in [0.2, 0.25) is 5.02 Å². The average Bonchev–Trinajstić information content (AvgIpc) is 2.64. The number of nitrogens with zero attached hydrogens (tertiary/aromatic N) is 1. The van der Waals surface area contributed by atoms with Gasteiger partial charge in [0.25, 0.3) is 0 Å². The van der Waals surface area contributed by atoms with E-state index in [-0.39, 0.29) is 12.5 Å². The van der Waals surface area contributed by atoms with Crippen LogP contribution in [0.1, 0.15) is 32.1 Å². The van der Waals surface area contributed by atoms with Gasteiger partial charge in [0.05, 0.1) is 41.6 Å². The Kier molecular flexibility index (Phi) is 6.75. The molecule has 10 heteroatoms. The zero-order valence-corrected chi connectivity index (χ0v) is 17.0. The predicted octanol–water partition coefficient (Wildman–Crippen LogP) is 0.955. The Labute approximate surface area is 174 Å². The molecule has 1 aromatic rings. The van der Waals surface area contributed by atoms with Gasteiger partial charge >= 0.3 is 5.97 Å². The third-order valence-corrected chi connectivity index (χ3v) is 5.92. The molecule has 2 heterocycles. The number of ether oxygens (including phenoxy) is 1. The van der Waals surface area contributed by atoms with E-state index >= 15 is 0 Å². The number of methoxy groups -OCH3 is 1. The van der Waals surface area contributed by atoms with Crippen molar-refractivity contribution in [2.24, 2.45) is 0 Å². The molecule has 29 heavy (non-hydrogen) atoms. The second kappa shape index (κ2) is 8.93. The fourth-order valence-electron chi connectivity index (χ4n) is 3.93. The summed E-state index contributed by atoms with van der Waals surface area (Å²) in [5, 5.41) is 45.5. The first-order valence-corrected chi connectivity index (χ1v) is 10.0. The summed E-state index contributed by atoms with van der Waals surface area (Å²) in [4.78, 5) is 12.9. The number of carboxylic acid groups (broad SMARTS) is 1. The van der Waals surface area contributed by atoms with Gasteiger partial charge in [-0.05, 0) is 31.7 Å². The molecule has 0 spiro atoms. The summed E-state index contributed by atoms with van der Waals surface area (Å²) in [6.07, 6.45) is -0.152. The first-order chi connectivity index (χ1) is 13.7. The van der Waals surface area contributed by atoms with Crippen molar-refractivity contribution in [3.8, 4) is 5.75 Å². The number of aliphatic hydroxyl groups excluding tert-OH is 2. The van der Waals surface area contributed by atoms with Gasteiger partial charge in [-0.2, -0.15) is 0 Å². The number of halogens is 1. The number of piperidine rings is 2. The summed E-state index contributed by atoms with van der Waals surface area (Å²) >= 11 is 6.51. The maximum absolute atomic E-state index is 10.9. The average molecular weight is 430 g/mol. The van der Waals surface area contributed by atoms with Gasteiger partial charge in [-0.15, -0.1) is 0 Å². The zero-order valence-electron chi connectivity index (χ0n) is 16.3. The Bertz CT molecular complexity index is 741. The molecule has 3 unspecified atom stereocenters. The summed E-state index contributed by atoms with van der Waals surface area (Å²) < 4.78 is 5.50. The number of nitrogens with one attached hydrogen (secondary N) is 2. The normalized spacial score (nSPS) is 26.8. The quantitative estimate of drug-likeness (QED) is 0.390. The largest absolute Gasteiger partial charge is 0.495 e. The zero-order chi connectivity index (χ0) is 21.2. The van der Waals surface area contributed by atoms with E-state index in [1.807, 2.05) is 4.90 Å². The molecule has 6 N–H and O–H groups in total. The van der Waals surface area contributed by atoms with E-state index in [1.165, 1.54) is 0 Å². The Balaban J connectivity index is 1.73. The molecule has 0 aliphatic carbocycles. The highest BCUT2D eigenvalue weighted by Gasteiger charge is 2.35. The Morgan fingerprint density at radius 1 is 1.34 bits per heavy atom. The van der Waals surface area contributed by atoms with Crippen LogP contribution in [0.5, 0.6) is 5.75 Å². The molecule has 1 aromatic carbocycles. The molecule has 2 fully saturated rings. The van der Waals surface area contributed by atoms with Crippen molar-refractivity contribution in [2.45, 2.75) is 56.2 Å². The van der Waals surface area contributed by atoms with Crippen LogP contribution >= 0.6 is 11.6 Å². The molecule has 0 radical (unpaired) electrons. The van der Waals surface area contributed by atoms with E-state index in [2.05, 4.69) is 10.6 Å². The van der Waals surface area contributed by atoms with E-state index in [4.69, 9.17) is 21.4 Å². The molecule has 3 rings (SSSR count). The van der Waals surface area contributed by atoms with Crippen LogP contribution in [0.25, 0.3) is 0 Å². The lowest BCUT2D eigenvalue weighted by molar-refractivity contribution is -0.143. The first kappa shape index (κ1) is 21.9. The second-order valence-corrected chi connectivity index (χ2v) is 8.15. The van der Waals surface area contributed by atoms with Crippen molar-refractivity contribution >= 4 is 28.9 Å². The van der Waals surface area contributed by atoms with Gasteiger partial charge in [0, 0.05) is 19.2 Å². The van der Waals surface area contributed by atoms with Crippen LogP contribution in [0.4, 0.5) is 11.4 Å².